The van der Waals surface area contributed by atoms with Crippen LogP contribution in [-0.4, -0.2) is 6.36 Å². The summed E-state index contributed by atoms with van der Waals surface area (Å²) in [6.07, 6.45) is 0.560. The van der Waals surface area contributed by atoms with Crippen molar-refractivity contribution < 1.29 is 17.9 Å². The second kappa shape index (κ2) is 7.70. The van der Waals surface area contributed by atoms with Crippen molar-refractivity contribution in [2.24, 2.45) is 11.7 Å². The second-order valence-corrected chi connectivity index (χ2v) is 6.07. The van der Waals surface area contributed by atoms with Crippen molar-refractivity contribution in [1.29, 1.82) is 0 Å². The Morgan fingerprint density at radius 1 is 1.19 bits per heavy atom. The SMILES string of the molecule is Cl.N[C@H](c1cc(Br)ccc1OC(F)(F)F)C1CCCCC1. The highest BCUT2D eigenvalue weighted by Crippen LogP contribution is 2.39. The lowest BCUT2D eigenvalue weighted by atomic mass is 9.81. The highest BCUT2D eigenvalue weighted by atomic mass is 79.9. The van der Waals surface area contributed by atoms with E-state index in [4.69, 9.17) is 5.73 Å². The summed E-state index contributed by atoms with van der Waals surface area (Å²) < 4.78 is 42.2. The van der Waals surface area contributed by atoms with Crippen LogP contribution in [0.1, 0.15) is 43.7 Å². The standard InChI is InChI=1S/C14H17BrF3NO.ClH/c15-10-6-7-12(20-14(16,17)18)11(8-10)13(19)9-4-2-1-3-5-9;/h6-9,13H,1-5,19H2;1H/t13-;/m0./s1. The third-order valence-corrected chi connectivity index (χ3v) is 4.21. The van der Waals surface area contributed by atoms with E-state index < -0.39 is 12.4 Å². The molecule has 1 fully saturated rings. The van der Waals surface area contributed by atoms with Crippen molar-refractivity contribution in [1.82, 2.24) is 0 Å². The van der Waals surface area contributed by atoms with Gasteiger partial charge in [0.2, 0.25) is 0 Å². The molecule has 0 saturated heterocycles. The Balaban J connectivity index is 0.00000220. The van der Waals surface area contributed by atoms with Crippen LogP contribution in [0.4, 0.5) is 13.2 Å². The Morgan fingerprint density at radius 2 is 1.81 bits per heavy atom. The summed E-state index contributed by atoms with van der Waals surface area (Å²) in [4.78, 5) is 0. The Hall–Kier alpha value is -0.460. The fourth-order valence-corrected chi connectivity index (χ4v) is 3.12. The van der Waals surface area contributed by atoms with Gasteiger partial charge in [-0.15, -0.1) is 25.6 Å². The maximum Gasteiger partial charge on any atom is 0.573 e. The summed E-state index contributed by atoms with van der Waals surface area (Å²) >= 11 is 3.28. The first-order valence-electron chi connectivity index (χ1n) is 6.67. The monoisotopic (exact) mass is 387 g/mol. The van der Waals surface area contributed by atoms with Crippen LogP contribution in [0.25, 0.3) is 0 Å². The molecule has 7 heteroatoms. The summed E-state index contributed by atoms with van der Waals surface area (Å²) in [5.74, 6) is 0.0207. The molecule has 1 atom stereocenters. The molecule has 0 spiro atoms. The quantitative estimate of drug-likeness (QED) is 0.757. The van der Waals surface area contributed by atoms with Gasteiger partial charge < -0.3 is 10.5 Å². The van der Waals surface area contributed by atoms with E-state index in [1.165, 1.54) is 18.6 Å². The minimum atomic E-state index is -4.70. The molecule has 1 aliphatic carbocycles. The van der Waals surface area contributed by atoms with Crippen LogP contribution < -0.4 is 10.5 Å². The lowest BCUT2D eigenvalue weighted by Gasteiger charge is -2.29. The molecule has 1 saturated carbocycles. The Kier molecular flexibility index (Phi) is 6.81. The van der Waals surface area contributed by atoms with Crippen LogP contribution in [0.3, 0.4) is 0 Å². The number of alkyl halides is 3. The van der Waals surface area contributed by atoms with Gasteiger partial charge in [0, 0.05) is 16.1 Å². The fourth-order valence-electron chi connectivity index (χ4n) is 2.74. The van der Waals surface area contributed by atoms with E-state index in [0.717, 1.165) is 25.7 Å². The molecule has 120 valence electrons. The summed E-state index contributed by atoms with van der Waals surface area (Å²) in [5, 5.41) is 0. The van der Waals surface area contributed by atoms with Gasteiger partial charge in [-0.1, -0.05) is 35.2 Å². The van der Waals surface area contributed by atoms with Crippen LogP contribution in [0.2, 0.25) is 0 Å². The molecular weight excluding hydrogens is 371 g/mol. The zero-order chi connectivity index (χ0) is 14.8. The van der Waals surface area contributed by atoms with E-state index in [1.54, 1.807) is 6.07 Å². The molecule has 0 aliphatic heterocycles. The van der Waals surface area contributed by atoms with E-state index >= 15 is 0 Å². The highest BCUT2D eigenvalue weighted by Gasteiger charge is 2.34. The number of nitrogens with two attached hydrogens (primary N) is 1. The minimum absolute atomic E-state index is 0. The van der Waals surface area contributed by atoms with Gasteiger partial charge in [-0.3, -0.25) is 0 Å². The van der Waals surface area contributed by atoms with Gasteiger partial charge in [-0.2, -0.15) is 0 Å². The molecule has 2 N–H and O–H groups in total. The summed E-state index contributed by atoms with van der Waals surface area (Å²) in [5.41, 5.74) is 6.61. The number of hydrogen-bond acceptors (Lipinski definition) is 2. The largest absolute Gasteiger partial charge is 0.573 e. The van der Waals surface area contributed by atoms with Crippen molar-refractivity contribution in [2.45, 2.75) is 44.5 Å². The van der Waals surface area contributed by atoms with Crippen molar-refractivity contribution in [2.75, 3.05) is 0 Å². The molecule has 2 nitrogen and oxygen atoms in total. The van der Waals surface area contributed by atoms with Gasteiger partial charge in [-0.05, 0) is 37.0 Å². The number of ether oxygens (including phenoxy) is 1. The van der Waals surface area contributed by atoms with Crippen molar-refractivity contribution >= 4 is 28.3 Å². The molecular formula is C14H18BrClF3NO. The normalized spacial score (nSPS) is 18.0. The molecule has 0 amide bonds. The lowest BCUT2D eigenvalue weighted by molar-refractivity contribution is -0.275. The molecule has 21 heavy (non-hydrogen) atoms. The van der Waals surface area contributed by atoms with Crippen LogP contribution in [0, 0.1) is 5.92 Å². The molecule has 1 aromatic carbocycles. The van der Waals surface area contributed by atoms with Gasteiger partial charge >= 0.3 is 6.36 Å². The second-order valence-electron chi connectivity index (χ2n) is 5.15. The van der Waals surface area contributed by atoms with E-state index in [9.17, 15) is 13.2 Å². The third kappa shape index (κ3) is 5.34. The van der Waals surface area contributed by atoms with E-state index in [0.29, 0.717) is 10.0 Å². The van der Waals surface area contributed by atoms with E-state index in [2.05, 4.69) is 20.7 Å². The van der Waals surface area contributed by atoms with Crippen molar-refractivity contribution in [3.8, 4) is 5.75 Å². The molecule has 0 bridgehead atoms. The molecule has 1 aliphatic rings. The molecule has 0 aromatic heterocycles. The average Bonchev–Trinajstić information content (AvgIpc) is 2.39. The maximum absolute atomic E-state index is 12.5. The van der Waals surface area contributed by atoms with E-state index in [-0.39, 0.29) is 24.1 Å². The molecule has 0 unspecified atom stereocenters. The van der Waals surface area contributed by atoms with Gasteiger partial charge in [0.1, 0.15) is 5.75 Å². The smallest absolute Gasteiger partial charge is 0.405 e. The Labute approximate surface area is 136 Å². The molecule has 2 rings (SSSR count). The Bertz CT molecular complexity index is 464. The number of hydrogen-bond donors (Lipinski definition) is 1. The molecule has 0 radical (unpaired) electrons. The Morgan fingerprint density at radius 3 is 2.38 bits per heavy atom. The first-order valence-corrected chi connectivity index (χ1v) is 7.47. The maximum atomic E-state index is 12.5. The molecule has 0 heterocycles. The van der Waals surface area contributed by atoms with Gasteiger partial charge in [0.25, 0.3) is 0 Å². The van der Waals surface area contributed by atoms with Crippen LogP contribution in [0.5, 0.6) is 5.75 Å². The topological polar surface area (TPSA) is 35.2 Å². The average molecular weight is 389 g/mol. The zero-order valence-electron chi connectivity index (χ0n) is 11.3. The predicted molar refractivity (Wildman–Crippen MR) is 81.6 cm³/mol. The number of rotatable bonds is 3. The summed E-state index contributed by atoms with van der Waals surface area (Å²) in [7, 11) is 0. The predicted octanol–water partition coefficient (Wildman–Crippen LogP) is 5.35. The minimum Gasteiger partial charge on any atom is -0.405 e. The van der Waals surface area contributed by atoms with Gasteiger partial charge in [0.15, 0.2) is 0 Å². The van der Waals surface area contributed by atoms with Crippen molar-refractivity contribution in [3.05, 3.63) is 28.2 Å². The number of benzene rings is 1. The summed E-state index contributed by atoms with van der Waals surface area (Å²) in [6, 6.07) is 4.04. The van der Waals surface area contributed by atoms with Crippen LogP contribution in [0.15, 0.2) is 22.7 Å². The number of halogens is 5. The molecule has 1 aromatic rings. The van der Waals surface area contributed by atoms with Gasteiger partial charge in [-0.25, -0.2) is 0 Å². The fraction of sp³-hybridized carbons (Fsp3) is 0.571. The van der Waals surface area contributed by atoms with Gasteiger partial charge in [0.05, 0.1) is 0 Å². The van der Waals surface area contributed by atoms with Crippen molar-refractivity contribution in [3.63, 3.8) is 0 Å². The lowest BCUT2D eigenvalue weighted by Crippen LogP contribution is -2.26. The first kappa shape index (κ1) is 18.6. The third-order valence-electron chi connectivity index (χ3n) is 3.71. The van der Waals surface area contributed by atoms with E-state index in [1.807, 2.05) is 0 Å². The summed E-state index contributed by atoms with van der Waals surface area (Å²) in [6.45, 7) is 0. The van der Waals surface area contributed by atoms with Crippen LogP contribution in [-0.2, 0) is 0 Å². The zero-order valence-corrected chi connectivity index (χ0v) is 13.7. The first-order chi connectivity index (χ1) is 9.37. The van der Waals surface area contributed by atoms with Crippen LogP contribution >= 0.6 is 28.3 Å². The highest BCUT2D eigenvalue weighted by molar-refractivity contribution is 9.10.